The Morgan fingerprint density at radius 1 is 1.39 bits per heavy atom. The second-order valence-electron chi connectivity index (χ2n) is 5.90. The first-order valence-corrected chi connectivity index (χ1v) is 8.89. The van der Waals surface area contributed by atoms with Crippen LogP contribution in [-0.4, -0.2) is 36.8 Å². The second kappa shape index (κ2) is 6.93. The number of non-ortho nitro benzene ring substituents is 1. The molecule has 4 rings (SSSR count). The van der Waals surface area contributed by atoms with Crippen LogP contribution in [0.1, 0.15) is 0 Å². The van der Waals surface area contributed by atoms with Crippen molar-refractivity contribution in [2.45, 2.75) is 0 Å². The Kier molecular flexibility index (Phi) is 4.43. The molecule has 0 radical (unpaired) electrons. The lowest BCUT2D eigenvalue weighted by molar-refractivity contribution is -0.383. The maximum absolute atomic E-state index is 11.3. The zero-order valence-corrected chi connectivity index (χ0v) is 16.4. The van der Waals surface area contributed by atoms with Crippen LogP contribution in [0.2, 0.25) is 0 Å². The summed E-state index contributed by atoms with van der Waals surface area (Å²) in [5.41, 5.74) is 2.37. The van der Waals surface area contributed by atoms with Gasteiger partial charge in [-0.15, -0.1) is 5.10 Å². The molecule has 0 aliphatic rings. The predicted octanol–water partition coefficient (Wildman–Crippen LogP) is 3.78. The monoisotopic (exact) mass is 443 g/mol. The summed E-state index contributed by atoms with van der Waals surface area (Å²) in [6.45, 7) is 0. The van der Waals surface area contributed by atoms with Gasteiger partial charge in [0.25, 0.3) is 11.6 Å². The first kappa shape index (κ1) is 17.9. The maximum Gasteiger partial charge on any atom is 0.293 e. The van der Waals surface area contributed by atoms with E-state index in [1.807, 2.05) is 0 Å². The highest BCUT2D eigenvalue weighted by molar-refractivity contribution is 9.10. The van der Waals surface area contributed by atoms with Crippen LogP contribution in [0.15, 0.2) is 41.3 Å². The molecule has 0 aliphatic heterocycles. The van der Waals surface area contributed by atoms with Gasteiger partial charge in [0.2, 0.25) is 5.95 Å². The Morgan fingerprint density at radius 2 is 2.21 bits per heavy atom. The molecule has 142 valence electrons. The number of nitro groups is 1. The molecule has 0 saturated heterocycles. The third kappa shape index (κ3) is 3.05. The molecule has 0 amide bonds. The number of nitro benzene ring substituents is 1. The van der Waals surface area contributed by atoms with E-state index in [2.05, 4.69) is 41.3 Å². The standard InChI is InChI=1S/C17H14BrN7O3/c1-24-8-12(16(23-24)28-2)21-17-20-7-11(18)14(22-17)10-6-19-15-9(10)4-3-5-13(15)25(26)27/h3-8,19H,1-2H3,(H,20,21,22). The fraction of sp³-hybridized carbons (Fsp3) is 0.118. The normalized spacial score (nSPS) is 11.0. The number of benzene rings is 1. The van der Waals surface area contributed by atoms with Gasteiger partial charge in [0.05, 0.1) is 28.4 Å². The Bertz CT molecular complexity index is 1200. The number of methoxy groups -OCH3 is 1. The summed E-state index contributed by atoms with van der Waals surface area (Å²) >= 11 is 3.46. The minimum absolute atomic E-state index is 0.00683. The quantitative estimate of drug-likeness (QED) is 0.355. The molecule has 1 aromatic carbocycles. The lowest BCUT2D eigenvalue weighted by Crippen LogP contribution is -1.99. The number of hydrogen-bond donors (Lipinski definition) is 2. The van der Waals surface area contributed by atoms with Crippen LogP contribution in [-0.2, 0) is 7.05 Å². The number of ether oxygens (including phenoxy) is 1. The number of aromatic amines is 1. The van der Waals surface area contributed by atoms with Crippen molar-refractivity contribution in [2.24, 2.45) is 7.05 Å². The third-order valence-corrected chi connectivity index (χ3v) is 4.70. The van der Waals surface area contributed by atoms with Crippen LogP contribution in [0.4, 0.5) is 17.3 Å². The van der Waals surface area contributed by atoms with E-state index in [0.29, 0.717) is 44.1 Å². The van der Waals surface area contributed by atoms with E-state index in [9.17, 15) is 10.1 Å². The molecule has 0 spiro atoms. The molecule has 28 heavy (non-hydrogen) atoms. The van der Waals surface area contributed by atoms with Gasteiger partial charge in [-0.25, -0.2) is 9.97 Å². The first-order valence-electron chi connectivity index (χ1n) is 8.10. The van der Waals surface area contributed by atoms with E-state index >= 15 is 0 Å². The Labute approximate surface area is 166 Å². The van der Waals surface area contributed by atoms with Crippen LogP contribution >= 0.6 is 15.9 Å². The fourth-order valence-corrected chi connectivity index (χ4v) is 3.33. The molecule has 2 N–H and O–H groups in total. The molecule has 0 bridgehead atoms. The highest BCUT2D eigenvalue weighted by atomic mass is 79.9. The van der Waals surface area contributed by atoms with Crippen LogP contribution in [0.5, 0.6) is 5.88 Å². The van der Waals surface area contributed by atoms with Crippen molar-refractivity contribution in [1.82, 2.24) is 24.7 Å². The van der Waals surface area contributed by atoms with E-state index in [1.54, 1.807) is 42.5 Å². The molecule has 0 atom stereocenters. The number of fused-ring (bicyclic) bond motifs is 1. The minimum atomic E-state index is -0.417. The Balaban J connectivity index is 1.79. The average Bonchev–Trinajstić information content (AvgIpc) is 3.26. The van der Waals surface area contributed by atoms with Crippen molar-refractivity contribution in [2.75, 3.05) is 12.4 Å². The van der Waals surface area contributed by atoms with Crippen LogP contribution in [0.25, 0.3) is 22.2 Å². The summed E-state index contributed by atoms with van der Waals surface area (Å²) < 4.78 is 7.50. The molecule has 4 aromatic rings. The van der Waals surface area contributed by atoms with Crippen molar-refractivity contribution in [1.29, 1.82) is 0 Å². The van der Waals surface area contributed by atoms with Crippen LogP contribution < -0.4 is 10.1 Å². The zero-order valence-electron chi connectivity index (χ0n) is 14.8. The fourth-order valence-electron chi connectivity index (χ4n) is 2.93. The Morgan fingerprint density at radius 3 is 2.96 bits per heavy atom. The summed E-state index contributed by atoms with van der Waals surface area (Å²) in [4.78, 5) is 22.7. The Hall–Kier alpha value is -3.47. The van der Waals surface area contributed by atoms with Gasteiger partial charge in [0.15, 0.2) is 0 Å². The molecule has 0 unspecified atom stereocenters. The third-order valence-electron chi connectivity index (χ3n) is 4.12. The molecule has 0 saturated carbocycles. The van der Waals surface area contributed by atoms with Gasteiger partial charge in [-0.1, -0.05) is 12.1 Å². The molecule has 0 aliphatic carbocycles. The summed E-state index contributed by atoms with van der Waals surface area (Å²) in [5, 5.41) is 19.2. The number of anilines is 2. The number of aryl methyl sites for hydroxylation is 1. The van der Waals surface area contributed by atoms with E-state index in [4.69, 9.17) is 4.74 Å². The second-order valence-corrected chi connectivity index (χ2v) is 6.75. The van der Waals surface area contributed by atoms with Crippen LogP contribution in [0, 0.1) is 10.1 Å². The SMILES string of the molecule is COc1nn(C)cc1Nc1ncc(Br)c(-c2c[nH]c3c([N+](=O)[O-])cccc23)n1. The van der Waals surface area contributed by atoms with Crippen molar-refractivity contribution < 1.29 is 9.66 Å². The first-order chi connectivity index (χ1) is 13.5. The molecule has 3 aromatic heterocycles. The smallest absolute Gasteiger partial charge is 0.293 e. The lowest BCUT2D eigenvalue weighted by Gasteiger charge is -2.07. The van der Waals surface area contributed by atoms with Gasteiger partial charge in [0.1, 0.15) is 11.2 Å². The van der Waals surface area contributed by atoms with E-state index in [-0.39, 0.29) is 5.69 Å². The molecule has 11 heteroatoms. The molecular formula is C17H14BrN7O3. The van der Waals surface area contributed by atoms with Gasteiger partial charge in [-0.3, -0.25) is 14.8 Å². The molecule has 3 heterocycles. The van der Waals surface area contributed by atoms with Crippen molar-refractivity contribution >= 4 is 44.2 Å². The number of nitrogens with one attached hydrogen (secondary N) is 2. The number of aromatic nitrogens is 5. The van der Waals surface area contributed by atoms with Gasteiger partial charge in [-0.2, -0.15) is 0 Å². The topological polar surface area (TPSA) is 124 Å². The van der Waals surface area contributed by atoms with Crippen molar-refractivity contribution in [3.63, 3.8) is 0 Å². The lowest BCUT2D eigenvalue weighted by atomic mass is 10.1. The van der Waals surface area contributed by atoms with Gasteiger partial charge < -0.3 is 15.0 Å². The van der Waals surface area contributed by atoms with Gasteiger partial charge >= 0.3 is 0 Å². The number of nitrogens with zero attached hydrogens (tertiary/aromatic N) is 5. The largest absolute Gasteiger partial charge is 0.478 e. The summed E-state index contributed by atoms with van der Waals surface area (Å²) in [5.74, 6) is 0.752. The predicted molar refractivity (Wildman–Crippen MR) is 107 cm³/mol. The van der Waals surface area contributed by atoms with Crippen LogP contribution in [0.3, 0.4) is 0 Å². The van der Waals surface area contributed by atoms with E-state index < -0.39 is 4.92 Å². The van der Waals surface area contributed by atoms with Crippen molar-refractivity contribution in [3.8, 4) is 17.1 Å². The number of hydrogen-bond acceptors (Lipinski definition) is 7. The highest BCUT2D eigenvalue weighted by Crippen LogP contribution is 2.36. The number of para-hydroxylation sites is 1. The molecular weight excluding hydrogens is 430 g/mol. The number of halogens is 1. The number of rotatable bonds is 5. The summed E-state index contributed by atoms with van der Waals surface area (Å²) in [7, 11) is 3.31. The zero-order chi connectivity index (χ0) is 19.8. The maximum atomic E-state index is 11.3. The number of H-pyrrole nitrogens is 1. The summed E-state index contributed by atoms with van der Waals surface area (Å²) in [6, 6.07) is 4.91. The van der Waals surface area contributed by atoms with E-state index in [0.717, 1.165) is 0 Å². The van der Waals surface area contributed by atoms with Crippen molar-refractivity contribution in [3.05, 3.63) is 51.4 Å². The highest BCUT2D eigenvalue weighted by Gasteiger charge is 2.19. The van der Waals surface area contributed by atoms with Gasteiger partial charge in [-0.05, 0) is 15.9 Å². The molecule has 0 fully saturated rings. The minimum Gasteiger partial charge on any atom is -0.478 e. The van der Waals surface area contributed by atoms with Gasteiger partial charge in [0, 0.05) is 36.5 Å². The molecule has 10 nitrogen and oxygen atoms in total. The summed E-state index contributed by atoms with van der Waals surface area (Å²) in [6.07, 6.45) is 5.06. The van der Waals surface area contributed by atoms with E-state index in [1.165, 1.54) is 13.2 Å². The average molecular weight is 444 g/mol.